The van der Waals surface area contributed by atoms with Gasteiger partial charge in [-0.1, -0.05) is 48.5 Å². The van der Waals surface area contributed by atoms with Crippen LogP contribution in [0.3, 0.4) is 0 Å². The van der Waals surface area contributed by atoms with E-state index in [0.717, 1.165) is 11.1 Å². The quantitative estimate of drug-likeness (QED) is 0.418. The second kappa shape index (κ2) is 9.48. The van der Waals surface area contributed by atoms with Gasteiger partial charge in [0.1, 0.15) is 5.92 Å². The van der Waals surface area contributed by atoms with Crippen molar-refractivity contribution in [2.75, 3.05) is 11.9 Å². The van der Waals surface area contributed by atoms with Crippen molar-refractivity contribution in [1.29, 1.82) is 0 Å². The highest BCUT2D eigenvalue weighted by Gasteiger charge is 2.36. The van der Waals surface area contributed by atoms with Crippen LogP contribution < -0.4 is 5.32 Å². The number of amides is 1. The number of aliphatic imine (C=N–C) groups is 1. The summed E-state index contributed by atoms with van der Waals surface area (Å²) < 4.78 is 5.06. The van der Waals surface area contributed by atoms with Gasteiger partial charge in [0.05, 0.1) is 30.0 Å². The molecule has 3 aromatic rings. The molecule has 1 amide bonds. The Labute approximate surface area is 190 Å². The van der Waals surface area contributed by atoms with Crippen LogP contribution in [-0.4, -0.2) is 35.3 Å². The highest BCUT2D eigenvalue weighted by molar-refractivity contribution is 6.24. The van der Waals surface area contributed by atoms with Crippen LogP contribution in [0.1, 0.15) is 39.9 Å². The Balaban J connectivity index is 1.75. The molecule has 0 radical (unpaired) electrons. The van der Waals surface area contributed by atoms with Crippen molar-refractivity contribution in [1.82, 2.24) is 0 Å². The maximum Gasteiger partial charge on any atom is 0.338 e. The van der Waals surface area contributed by atoms with Crippen LogP contribution in [0.25, 0.3) is 0 Å². The summed E-state index contributed by atoms with van der Waals surface area (Å²) >= 11 is 0. The van der Waals surface area contributed by atoms with Crippen molar-refractivity contribution in [3.63, 3.8) is 0 Å². The molecular formula is C26H22N2O5. The van der Waals surface area contributed by atoms with Crippen molar-refractivity contribution in [3.05, 3.63) is 95.1 Å². The maximum atomic E-state index is 13.0. The molecule has 1 heterocycles. The zero-order valence-corrected chi connectivity index (χ0v) is 17.9. The van der Waals surface area contributed by atoms with Crippen LogP contribution in [-0.2, 0) is 20.7 Å². The fraction of sp³-hybridized carbons (Fsp3) is 0.154. The molecule has 0 spiro atoms. The van der Waals surface area contributed by atoms with Crippen molar-refractivity contribution >= 4 is 34.9 Å². The molecule has 0 fully saturated rings. The van der Waals surface area contributed by atoms with Gasteiger partial charge in [-0.05, 0) is 47.9 Å². The first-order valence-electron chi connectivity index (χ1n) is 10.5. The lowest BCUT2D eigenvalue weighted by Gasteiger charge is -2.14. The lowest BCUT2D eigenvalue weighted by Crippen LogP contribution is -2.21. The third-order valence-electron chi connectivity index (χ3n) is 5.28. The second-order valence-corrected chi connectivity index (χ2v) is 7.54. The zero-order valence-electron chi connectivity index (χ0n) is 17.9. The van der Waals surface area contributed by atoms with E-state index in [2.05, 4.69) is 5.32 Å². The Hall–Kier alpha value is -4.26. The first-order chi connectivity index (χ1) is 16.0. The van der Waals surface area contributed by atoms with Crippen LogP contribution in [0.4, 0.5) is 11.4 Å². The van der Waals surface area contributed by atoms with Crippen LogP contribution in [0.5, 0.6) is 0 Å². The van der Waals surface area contributed by atoms with Gasteiger partial charge >= 0.3 is 11.9 Å². The van der Waals surface area contributed by atoms with Gasteiger partial charge in [0, 0.05) is 5.69 Å². The van der Waals surface area contributed by atoms with Crippen LogP contribution in [0, 0.1) is 0 Å². The molecule has 0 aliphatic carbocycles. The van der Waals surface area contributed by atoms with E-state index in [1.165, 1.54) is 0 Å². The number of fused-ring (bicyclic) bond motifs is 1. The van der Waals surface area contributed by atoms with Crippen molar-refractivity contribution < 1.29 is 24.2 Å². The molecule has 1 atom stereocenters. The summed E-state index contributed by atoms with van der Waals surface area (Å²) in [5.74, 6) is -2.26. The molecule has 7 nitrogen and oxygen atoms in total. The molecule has 1 unspecified atom stereocenters. The minimum absolute atomic E-state index is 0.0727. The second-order valence-electron chi connectivity index (χ2n) is 7.54. The highest BCUT2D eigenvalue weighted by Crippen LogP contribution is 2.37. The van der Waals surface area contributed by atoms with E-state index < -0.39 is 17.9 Å². The number of rotatable bonds is 7. The van der Waals surface area contributed by atoms with Crippen LogP contribution in [0.2, 0.25) is 0 Å². The fourth-order valence-electron chi connectivity index (χ4n) is 3.78. The first kappa shape index (κ1) is 22.0. The highest BCUT2D eigenvalue weighted by atomic mass is 16.5. The molecule has 3 aromatic carbocycles. The molecule has 0 saturated heterocycles. The number of carboxylic acids is 1. The van der Waals surface area contributed by atoms with Gasteiger partial charge in [0.2, 0.25) is 5.91 Å². The molecule has 4 rings (SSSR count). The third kappa shape index (κ3) is 4.82. The van der Waals surface area contributed by atoms with E-state index >= 15 is 0 Å². The summed E-state index contributed by atoms with van der Waals surface area (Å²) in [6.07, 6.45) is -0.0727. The Bertz CT molecular complexity index is 1230. The minimum Gasteiger partial charge on any atom is -0.481 e. The molecule has 1 aliphatic heterocycles. The lowest BCUT2D eigenvalue weighted by molar-refractivity contribution is -0.136. The number of benzene rings is 3. The van der Waals surface area contributed by atoms with Gasteiger partial charge in [0.25, 0.3) is 0 Å². The molecule has 1 aliphatic rings. The zero-order chi connectivity index (χ0) is 23.4. The number of ether oxygens (including phenoxy) is 1. The van der Waals surface area contributed by atoms with Gasteiger partial charge in [0.15, 0.2) is 0 Å². The van der Waals surface area contributed by atoms with Crippen molar-refractivity contribution in [2.45, 2.75) is 19.3 Å². The summed E-state index contributed by atoms with van der Waals surface area (Å²) in [6, 6.07) is 21.3. The number of anilines is 1. The summed E-state index contributed by atoms with van der Waals surface area (Å²) in [4.78, 5) is 40.9. The molecule has 33 heavy (non-hydrogen) atoms. The number of hydrogen-bond donors (Lipinski definition) is 2. The Kier molecular flexibility index (Phi) is 6.31. The largest absolute Gasteiger partial charge is 0.481 e. The van der Waals surface area contributed by atoms with E-state index in [9.17, 15) is 14.4 Å². The number of aliphatic carboxylic acids is 1. The Morgan fingerprint density at radius 2 is 1.73 bits per heavy atom. The topological polar surface area (TPSA) is 105 Å². The average molecular weight is 442 g/mol. The van der Waals surface area contributed by atoms with Gasteiger partial charge < -0.3 is 15.2 Å². The van der Waals surface area contributed by atoms with Crippen molar-refractivity contribution in [2.24, 2.45) is 4.99 Å². The number of carbonyl (C=O) groups excluding carboxylic acids is 2. The summed E-state index contributed by atoms with van der Waals surface area (Å²) in [6.45, 7) is 2.00. The summed E-state index contributed by atoms with van der Waals surface area (Å²) in [7, 11) is 0. The predicted molar refractivity (Wildman–Crippen MR) is 124 cm³/mol. The monoisotopic (exact) mass is 442 g/mol. The van der Waals surface area contributed by atoms with E-state index in [0.29, 0.717) is 28.2 Å². The summed E-state index contributed by atoms with van der Waals surface area (Å²) in [5.41, 5.74) is 4.25. The number of esters is 1. The van der Waals surface area contributed by atoms with Gasteiger partial charge in [-0.15, -0.1) is 0 Å². The van der Waals surface area contributed by atoms with Gasteiger partial charge in [-0.25, -0.2) is 4.79 Å². The van der Waals surface area contributed by atoms with E-state index in [1.54, 1.807) is 49.4 Å². The molecular weight excluding hydrogens is 420 g/mol. The molecule has 0 saturated carbocycles. The summed E-state index contributed by atoms with van der Waals surface area (Å²) in [5, 5.41) is 11.8. The lowest BCUT2D eigenvalue weighted by atomic mass is 9.90. The molecule has 0 bridgehead atoms. The number of carboxylic acid groups (broad SMARTS) is 1. The SMILES string of the molecule is CCOC(=O)c1ccc2c(c1)NC(=O)C2C(=Nc1ccc(CC(=O)O)cc1)c1ccccc1. The normalized spacial score (nSPS) is 15.0. The first-order valence-corrected chi connectivity index (χ1v) is 10.5. The number of nitrogens with one attached hydrogen (secondary N) is 1. The van der Waals surface area contributed by atoms with Gasteiger partial charge in [-0.3, -0.25) is 14.6 Å². The fourth-order valence-corrected chi connectivity index (χ4v) is 3.78. The standard InChI is InChI=1S/C26H22N2O5/c1-2-33-26(32)18-10-13-20-21(15-18)28-25(31)23(20)24(17-6-4-3-5-7-17)27-19-11-8-16(9-12-19)14-22(29)30/h3-13,15,23H,2,14H2,1H3,(H,28,31)(H,29,30). The van der Waals surface area contributed by atoms with E-state index in [1.807, 2.05) is 30.3 Å². The Morgan fingerprint density at radius 3 is 2.39 bits per heavy atom. The van der Waals surface area contributed by atoms with E-state index in [4.69, 9.17) is 14.8 Å². The number of hydrogen-bond acceptors (Lipinski definition) is 5. The predicted octanol–water partition coefficient (Wildman–Crippen LogP) is 4.35. The van der Waals surface area contributed by atoms with Gasteiger partial charge in [-0.2, -0.15) is 0 Å². The van der Waals surface area contributed by atoms with Crippen molar-refractivity contribution in [3.8, 4) is 0 Å². The molecule has 166 valence electrons. The molecule has 7 heteroatoms. The third-order valence-corrected chi connectivity index (χ3v) is 5.28. The number of nitrogens with zero attached hydrogens (tertiary/aromatic N) is 1. The van der Waals surface area contributed by atoms with Crippen LogP contribution in [0.15, 0.2) is 77.8 Å². The van der Waals surface area contributed by atoms with Crippen LogP contribution >= 0.6 is 0 Å². The molecule has 2 N–H and O–H groups in total. The Morgan fingerprint density at radius 1 is 1.00 bits per heavy atom. The maximum absolute atomic E-state index is 13.0. The minimum atomic E-state index is -0.905. The average Bonchev–Trinajstić information content (AvgIpc) is 3.13. The van der Waals surface area contributed by atoms with E-state index in [-0.39, 0.29) is 18.9 Å². The number of carbonyl (C=O) groups is 3. The smallest absolute Gasteiger partial charge is 0.338 e. The molecule has 0 aromatic heterocycles.